The number of esters is 1. The number of aliphatic hydroxyl groups excluding tert-OH is 1. The van der Waals surface area contributed by atoms with Gasteiger partial charge >= 0.3 is 5.97 Å². The average molecular weight is 254 g/mol. The Bertz CT molecular complexity index is 320. The Labute approximate surface area is 110 Å². The molecule has 0 aromatic carbocycles. The van der Waals surface area contributed by atoms with Gasteiger partial charge in [0, 0.05) is 5.57 Å². The molecule has 0 spiro atoms. The third-order valence-corrected chi connectivity index (χ3v) is 4.34. The Hall–Kier alpha value is -0.830. The van der Waals surface area contributed by atoms with Gasteiger partial charge in [0.1, 0.15) is 0 Å². The summed E-state index contributed by atoms with van der Waals surface area (Å²) in [4.78, 5) is 11.7. The monoisotopic (exact) mass is 254 g/mol. The van der Waals surface area contributed by atoms with E-state index in [0.717, 1.165) is 12.8 Å². The molecule has 1 saturated carbocycles. The van der Waals surface area contributed by atoms with Gasteiger partial charge in [0.05, 0.1) is 12.7 Å². The molecule has 0 saturated heterocycles. The van der Waals surface area contributed by atoms with Crippen LogP contribution in [0.2, 0.25) is 0 Å². The Kier molecular flexibility index (Phi) is 4.97. The van der Waals surface area contributed by atoms with Crippen LogP contribution in [0.15, 0.2) is 12.2 Å². The lowest BCUT2D eigenvalue weighted by atomic mass is 9.52. The standard InChI is InChI=1S/C15H26O3/c1-6-7-8-18-14(17)10(2)9-12-11(3)13(16)15(12,4)5/h11-13,16H,2,6-9H2,1,3-5H3/t11-,12+,13?/m1/s1. The molecule has 1 rings (SSSR count). The van der Waals surface area contributed by atoms with Crippen molar-refractivity contribution in [3.05, 3.63) is 12.2 Å². The van der Waals surface area contributed by atoms with Crippen molar-refractivity contribution in [1.82, 2.24) is 0 Å². The van der Waals surface area contributed by atoms with Crippen molar-refractivity contribution in [3.8, 4) is 0 Å². The Morgan fingerprint density at radius 3 is 2.56 bits per heavy atom. The molecule has 0 aromatic heterocycles. The molecule has 0 heterocycles. The topological polar surface area (TPSA) is 46.5 Å². The lowest BCUT2D eigenvalue weighted by Gasteiger charge is -2.55. The quantitative estimate of drug-likeness (QED) is 0.450. The number of carbonyl (C=O) groups excluding carboxylic acids is 1. The Morgan fingerprint density at radius 1 is 1.44 bits per heavy atom. The van der Waals surface area contributed by atoms with Crippen LogP contribution < -0.4 is 0 Å². The van der Waals surface area contributed by atoms with E-state index in [1.807, 2.05) is 20.8 Å². The van der Waals surface area contributed by atoms with E-state index < -0.39 is 0 Å². The first-order valence-corrected chi connectivity index (χ1v) is 6.85. The summed E-state index contributed by atoms with van der Waals surface area (Å²) < 4.78 is 5.14. The number of aliphatic hydroxyl groups is 1. The van der Waals surface area contributed by atoms with Crippen molar-refractivity contribution in [2.24, 2.45) is 17.3 Å². The van der Waals surface area contributed by atoms with Gasteiger partial charge in [0.2, 0.25) is 0 Å². The summed E-state index contributed by atoms with van der Waals surface area (Å²) >= 11 is 0. The number of rotatable bonds is 6. The molecule has 0 radical (unpaired) electrons. The SMILES string of the molecule is C=C(C[C@H]1[C@@H](C)C(O)C1(C)C)C(=O)OCCCC. The Balaban J connectivity index is 2.43. The third kappa shape index (κ3) is 2.94. The molecule has 3 atom stereocenters. The first kappa shape index (κ1) is 15.2. The molecule has 0 aliphatic heterocycles. The number of hydrogen-bond acceptors (Lipinski definition) is 3. The van der Waals surface area contributed by atoms with E-state index in [-0.39, 0.29) is 23.4 Å². The van der Waals surface area contributed by atoms with Crippen LogP contribution in [0.5, 0.6) is 0 Å². The van der Waals surface area contributed by atoms with E-state index in [4.69, 9.17) is 4.74 Å². The maximum absolute atomic E-state index is 11.7. The molecule has 3 heteroatoms. The maximum Gasteiger partial charge on any atom is 0.333 e. The molecule has 1 fully saturated rings. The van der Waals surface area contributed by atoms with E-state index in [1.165, 1.54) is 0 Å². The van der Waals surface area contributed by atoms with Crippen LogP contribution in [0, 0.1) is 17.3 Å². The van der Waals surface area contributed by atoms with E-state index in [0.29, 0.717) is 24.5 Å². The fourth-order valence-electron chi connectivity index (χ4n) is 2.88. The second-order valence-corrected chi connectivity index (χ2v) is 6.03. The zero-order valence-corrected chi connectivity index (χ0v) is 12.0. The zero-order chi connectivity index (χ0) is 13.9. The van der Waals surface area contributed by atoms with Gasteiger partial charge in [-0.3, -0.25) is 0 Å². The molecule has 3 nitrogen and oxygen atoms in total. The van der Waals surface area contributed by atoms with Gasteiger partial charge < -0.3 is 9.84 Å². The molecule has 0 amide bonds. The van der Waals surface area contributed by atoms with E-state index in [2.05, 4.69) is 13.5 Å². The van der Waals surface area contributed by atoms with Crippen molar-refractivity contribution in [2.75, 3.05) is 6.61 Å². The predicted molar refractivity (Wildman–Crippen MR) is 72.1 cm³/mol. The van der Waals surface area contributed by atoms with E-state index >= 15 is 0 Å². The van der Waals surface area contributed by atoms with Gasteiger partial charge in [-0.05, 0) is 30.1 Å². The summed E-state index contributed by atoms with van der Waals surface area (Å²) in [5.74, 6) is 0.242. The predicted octanol–water partition coefficient (Wildman–Crippen LogP) is 2.93. The van der Waals surface area contributed by atoms with Gasteiger partial charge in [-0.1, -0.05) is 40.7 Å². The highest BCUT2D eigenvalue weighted by Gasteiger charge is 2.53. The summed E-state index contributed by atoms with van der Waals surface area (Å²) in [7, 11) is 0. The highest BCUT2D eigenvalue weighted by Crippen LogP contribution is 2.53. The number of unbranched alkanes of at least 4 members (excludes halogenated alkanes) is 1. The van der Waals surface area contributed by atoms with Crippen LogP contribution in [0.4, 0.5) is 0 Å². The molecule has 1 N–H and O–H groups in total. The average Bonchev–Trinajstić information content (AvgIpc) is 2.34. The van der Waals surface area contributed by atoms with Gasteiger partial charge in [-0.15, -0.1) is 0 Å². The van der Waals surface area contributed by atoms with Gasteiger partial charge in [-0.25, -0.2) is 4.79 Å². The minimum absolute atomic E-state index is 0.133. The van der Waals surface area contributed by atoms with Crippen molar-refractivity contribution in [2.45, 2.75) is 53.1 Å². The highest BCUT2D eigenvalue weighted by atomic mass is 16.5. The zero-order valence-electron chi connectivity index (χ0n) is 12.0. The lowest BCUT2D eigenvalue weighted by molar-refractivity contribution is -0.155. The summed E-state index contributed by atoms with van der Waals surface area (Å²) in [5, 5.41) is 9.89. The number of hydrogen-bond donors (Lipinski definition) is 1. The molecule has 18 heavy (non-hydrogen) atoms. The molecule has 1 aliphatic carbocycles. The van der Waals surface area contributed by atoms with Crippen molar-refractivity contribution >= 4 is 5.97 Å². The van der Waals surface area contributed by atoms with Crippen LogP contribution in [-0.2, 0) is 9.53 Å². The van der Waals surface area contributed by atoms with Crippen molar-refractivity contribution < 1.29 is 14.6 Å². The summed E-state index contributed by atoms with van der Waals surface area (Å²) in [6.45, 7) is 12.5. The minimum atomic E-state index is -0.286. The molecule has 104 valence electrons. The van der Waals surface area contributed by atoms with Crippen LogP contribution >= 0.6 is 0 Å². The molecular formula is C15H26O3. The fourth-order valence-corrected chi connectivity index (χ4v) is 2.88. The van der Waals surface area contributed by atoms with Crippen LogP contribution in [-0.4, -0.2) is 23.8 Å². The first-order chi connectivity index (χ1) is 8.32. The largest absolute Gasteiger partial charge is 0.462 e. The number of ether oxygens (including phenoxy) is 1. The lowest BCUT2D eigenvalue weighted by Crippen LogP contribution is -2.56. The van der Waals surface area contributed by atoms with Crippen LogP contribution in [0.25, 0.3) is 0 Å². The maximum atomic E-state index is 11.7. The normalized spacial score (nSPS) is 29.5. The molecule has 0 aromatic rings. The van der Waals surface area contributed by atoms with Gasteiger partial charge in [-0.2, -0.15) is 0 Å². The minimum Gasteiger partial charge on any atom is -0.462 e. The number of carbonyl (C=O) groups is 1. The highest BCUT2D eigenvalue weighted by molar-refractivity contribution is 5.87. The summed E-state index contributed by atoms with van der Waals surface area (Å²) in [5.41, 5.74) is 0.398. The molecule has 1 unspecified atom stereocenters. The van der Waals surface area contributed by atoms with Crippen molar-refractivity contribution in [3.63, 3.8) is 0 Å². The second kappa shape index (κ2) is 5.87. The summed E-state index contributed by atoms with van der Waals surface area (Å²) in [6.07, 6.45) is 2.24. The smallest absolute Gasteiger partial charge is 0.333 e. The van der Waals surface area contributed by atoms with Crippen LogP contribution in [0.3, 0.4) is 0 Å². The second-order valence-electron chi connectivity index (χ2n) is 6.03. The van der Waals surface area contributed by atoms with Gasteiger partial charge in [0.15, 0.2) is 0 Å². The molecule has 0 bridgehead atoms. The van der Waals surface area contributed by atoms with Crippen LogP contribution in [0.1, 0.15) is 47.0 Å². The van der Waals surface area contributed by atoms with E-state index in [9.17, 15) is 9.90 Å². The molecular weight excluding hydrogens is 228 g/mol. The van der Waals surface area contributed by atoms with Crippen molar-refractivity contribution in [1.29, 1.82) is 0 Å². The molecule has 1 aliphatic rings. The third-order valence-electron chi connectivity index (χ3n) is 4.34. The summed E-state index contributed by atoms with van der Waals surface area (Å²) in [6, 6.07) is 0. The fraction of sp³-hybridized carbons (Fsp3) is 0.800. The Morgan fingerprint density at radius 2 is 2.06 bits per heavy atom. The van der Waals surface area contributed by atoms with E-state index in [1.54, 1.807) is 0 Å². The first-order valence-electron chi connectivity index (χ1n) is 6.85. The van der Waals surface area contributed by atoms with Gasteiger partial charge in [0.25, 0.3) is 0 Å².